The molecule has 7 aliphatic rings. The molecule has 1 aliphatic heterocycles. The van der Waals surface area contributed by atoms with Crippen LogP contribution in [0.3, 0.4) is 0 Å². The Balaban J connectivity index is 0.000000306. The van der Waals surface area contributed by atoms with Gasteiger partial charge in [0.05, 0.1) is 44.2 Å². The molecular weight excluding hydrogens is 1910 g/mol. The summed E-state index contributed by atoms with van der Waals surface area (Å²) in [5.41, 5.74) is 24.2. The molecule has 150 heavy (non-hydrogen) atoms. The number of aryl methyl sites for hydroxylation is 12. The molecule has 6 aliphatic carbocycles. The van der Waals surface area contributed by atoms with E-state index in [1.165, 1.54) is 87.2 Å². The molecule has 25 nitrogen and oxygen atoms in total. The molecule has 4 saturated carbocycles. The average Bonchev–Trinajstić information content (AvgIpc) is 0.785. The van der Waals surface area contributed by atoms with Gasteiger partial charge in [0.25, 0.3) is 0 Å². The Morgan fingerprint density at radius 1 is 0.433 bits per heavy atom. The van der Waals surface area contributed by atoms with E-state index in [0.717, 1.165) is 120 Å². The summed E-state index contributed by atoms with van der Waals surface area (Å²) in [6, 6.07) is 49.4. The number of aldehydes is 2. The van der Waals surface area contributed by atoms with E-state index >= 15 is 0 Å². The Morgan fingerprint density at radius 3 is 1.18 bits per heavy atom. The Kier molecular flexibility index (Phi) is 55.0. The number of hydrogen-bond donors (Lipinski definition) is 3. The van der Waals surface area contributed by atoms with Crippen molar-refractivity contribution in [2.75, 3.05) is 19.8 Å². The summed E-state index contributed by atoms with van der Waals surface area (Å²) in [6.45, 7) is 38.5. The van der Waals surface area contributed by atoms with Crippen molar-refractivity contribution in [2.45, 2.75) is 315 Å². The standard InChI is InChI=1S/C31H35NO4.C17H20O4.2C14H16O2.C12H14O.C10H16O3.C9H10O.C7H12O4.C7H6O2.C3H6O.Na/c1-4-24-30(31(35)36-23-13-5-6-14-23)28(20-11-8-12-22(33)15-20)29-25(32-24)16-21(17-26(29)34)27-18(2)9-7-10-19(27)3;1-4-21-17(20)16-13(8-12(18)9-14(16)19)15-10(2)6-5-7-11(15)3;2*1-9-4-3-5-10(2)14(9)11-6-12(15)8-13(16)7-11;1-9-5-4-6-10(2)12(9)8-7-11(3)13;1-2-8(11)7-10(12)13-9-5-3-4-6-9;1-7-4-3-5-8(2)9(7)6-10;1-3-10-6(8)5-7(9)11-4-2;8-5-6-2-1-3-7(9)4-6;1-3(2)4;/h7-12,15,21,23,28,32-33H,4-6,13-14,16-17H2,1-3H3;5-7,9,13,16,19H,4,8H2,1-3H3;2*3-5,11H,6-8H2,1-2H3;4-8H,1-3H3;9H,2-7H2,1H3;3-6H,1-2H3;3-5H2,1-2H3;1-5,9H;1-2H3;/q;;;;;;;;;;+1/p-1/b;;;;8-7+;;;;;;. The van der Waals surface area contributed by atoms with Crippen molar-refractivity contribution in [1.29, 1.82) is 0 Å². The maximum Gasteiger partial charge on any atom is 1.00 e. The maximum absolute atomic E-state index is 13.9. The molecule has 796 valence electrons. The predicted molar refractivity (Wildman–Crippen MR) is 574 cm³/mol. The summed E-state index contributed by atoms with van der Waals surface area (Å²) in [5, 5.41) is 34.7. The molecule has 8 aromatic rings. The van der Waals surface area contributed by atoms with Gasteiger partial charge in [0.1, 0.15) is 77.5 Å². The molecule has 0 bridgehead atoms. The van der Waals surface area contributed by atoms with E-state index < -0.39 is 41.4 Å². The number of esters is 5. The summed E-state index contributed by atoms with van der Waals surface area (Å²) < 4.78 is 25.2. The second kappa shape index (κ2) is 64.9. The molecule has 4 atom stereocenters. The number of carbonyl (C=O) groups excluding carboxylic acids is 16. The van der Waals surface area contributed by atoms with E-state index in [4.69, 9.17) is 19.3 Å². The molecule has 0 amide bonds. The van der Waals surface area contributed by atoms with E-state index in [1.807, 2.05) is 179 Å². The number of benzene rings is 8. The van der Waals surface area contributed by atoms with Crippen LogP contribution in [0.2, 0.25) is 0 Å². The van der Waals surface area contributed by atoms with Crippen molar-refractivity contribution in [3.8, 4) is 11.5 Å². The Morgan fingerprint density at radius 2 is 0.813 bits per heavy atom. The van der Waals surface area contributed by atoms with Crippen molar-refractivity contribution in [2.24, 2.45) is 5.92 Å². The molecule has 0 aromatic heterocycles. The molecule has 1 heterocycles. The van der Waals surface area contributed by atoms with E-state index in [9.17, 15) is 86.9 Å². The largest absolute Gasteiger partial charge is 1.00 e. The van der Waals surface area contributed by atoms with Gasteiger partial charge in [-0.2, -0.15) is 0 Å². The van der Waals surface area contributed by atoms with Gasteiger partial charge in [0.15, 0.2) is 23.6 Å². The molecule has 15 rings (SSSR count). The fraction of sp³-hybridized carbons (Fsp3) is 0.419. The van der Waals surface area contributed by atoms with Crippen LogP contribution in [0.25, 0.3) is 6.08 Å². The minimum Gasteiger partial charge on any atom is -0.875 e. The van der Waals surface area contributed by atoms with Gasteiger partial charge in [-0.1, -0.05) is 153 Å². The monoisotopic (exact) mass is 2060 g/mol. The fourth-order valence-corrected chi connectivity index (χ4v) is 19.7. The maximum atomic E-state index is 13.9. The summed E-state index contributed by atoms with van der Waals surface area (Å²) in [5.74, 6) is -3.75. The van der Waals surface area contributed by atoms with E-state index in [2.05, 4.69) is 46.8 Å². The number of aromatic hydroxyl groups is 2. The molecule has 4 fully saturated rings. The third kappa shape index (κ3) is 40.8. The summed E-state index contributed by atoms with van der Waals surface area (Å²) >= 11 is 0. The van der Waals surface area contributed by atoms with E-state index in [0.29, 0.717) is 74.4 Å². The Bertz CT molecular complexity index is 5950. The van der Waals surface area contributed by atoms with Gasteiger partial charge in [-0.15, -0.1) is 5.76 Å². The van der Waals surface area contributed by atoms with Crippen LogP contribution in [-0.4, -0.2) is 137 Å². The number of dihydropyridines is 1. The molecule has 0 saturated heterocycles. The third-order valence-corrected chi connectivity index (χ3v) is 26.4. The van der Waals surface area contributed by atoms with Crippen LogP contribution in [0.15, 0.2) is 198 Å². The minimum absolute atomic E-state index is 0. The SMILES string of the molecule is CC(=O)/C=C/c1c(C)cccc1C.CC(C)=O.CCC(=O)CC(=O)OC1CCCC1.CCC1=C(C(=O)OC2CCCC2)C(c2cccc(O)c2)C2=C(CC(c3c(C)cccc3C)CC2=O)N1.CCOC(=O)C1C([O-])=CC(=O)CC1c1c(C)cccc1C.CCOC(=O)CC(=O)OCC.Cc1cccc(C)c1C1CC(=O)CC(=O)C1.Cc1cccc(C)c1C1CC(=O)CC(=O)C1.Cc1cccc(C)c1C=O.O=Cc1cccc(O)c1.[Na+]. The number of ether oxygens (including phenoxy) is 5. The van der Waals surface area contributed by atoms with Gasteiger partial charge >= 0.3 is 59.4 Å². The third-order valence-electron chi connectivity index (χ3n) is 26.4. The van der Waals surface area contributed by atoms with E-state index in [1.54, 1.807) is 71.0 Å². The molecule has 0 radical (unpaired) electrons. The van der Waals surface area contributed by atoms with Crippen molar-refractivity contribution in [1.82, 2.24) is 5.32 Å². The quantitative estimate of drug-likeness (QED) is 0.0142. The summed E-state index contributed by atoms with van der Waals surface area (Å²) in [7, 11) is 0. The number of allylic oxidation sites excluding steroid dienone is 5. The minimum atomic E-state index is -0.914. The van der Waals surface area contributed by atoms with E-state index in [-0.39, 0.29) is 187 Å². The number of rotatable bonds is 22. The smallest absolute Gasteiger partial charge is 0.875 e. The molecule has 8 aromatic carbocycles. The van der Waals surface area contributed by atoms with Crippen LogP contribution < -0.4 is 40.0 Å². The molecular formula is C124H150NNaO24. The first-order valence-electron chi connectivity index (χ1n) is 51.5. The van der Waals surface area contributed by atoms with Gasteiger partial charge in [-0.25, -0.2) is 4.79 Å². The number of phenolic OH excluding ortho intramolecular Hbond substituents is 2. The van der Waals surface area contributed by atoms with Crippen LogP contribution in [0, 0.1) is 89.0 Å². The zero-order valence-corrected chi connectivity index (χ0v) is 93.4. The van der Waals surface area contributed by atoms with Crippen LogP contribution in [-0.2, 0) is 90.8 Å². The van der Waals surface area contributed by atoms with Gasteiger partial charge in [-0.3, -0.25) is 67.1 Å². The first kappa shape index (κ1) is 127. The average molecular weight is 2060 g/mol. The topological polar surface area (TPSA) is 395 Å². The Labute approximate surface area is 906 Å². The second-order valence-corrected chi connectivity index (χ2v) is 38.7. The molecule has 4 unspecified atom stereocenters. The molecule has 3 N–H and O–H groups in total. The normalized spacial score (nSPS) is 16.7. The fourth-order valence-electron chi connectivity index (χ4n) is 19.7. The van der Waals surface area contributed by atoms with Crippen molar-refractivity contribution >= 4 is 101 Å². The number of nitrogens with one attached hydrogen (secondary N) is 1. The van der Waals surface area contributed by atoms with Gasteiger partial charge in [-0.05, 0) is 343 Å². The van der Waals surface area contributed by atoms with Gasteiger partial charge in [0.2, 0.25) is 0 Å². The van der Waals surface area contributed by atoms with Crippen LogP contribution >= 0.6 is 0 Å². The second-order valence-electron chi connectivity index (χ2n) is 38.7. The number of hydrogen-bond acceptors (Lipinski definition) is 25. The van der Waals surface area contributed by atoms with Gasteiger partial charge < -0.3 is 49.1 Å². The number of phenols is 2. The molecule has 26 heteroatoms. The Hall–Kier alpha value is -13.4. The first-order valence-corrected chi connectivity index (χ1v) is 51.5. The van der Waals surface area contributed by atoms with Crippen molar-refractivity contribution < 1.29 is 145 Å². The zero-order chi connectivity index (χ0) is 110. The number of carbonyl (C=O) groups is 16. The molecule has 0 spiro atoms. The predicted octanol–water partition coefficient (Wildman–Crippen LogP) is 19.6. The van der Waals surface area contributed by atoms with Gasteiger partial charge in [0, 0.05) is 84.9 Å². The number of ketones is 9. The summed E-state index contributed by atoms with van der Waals surface area (Å²) in [6.07, 6.45) is 18.6. The van der Waals surface area contributed by atoms with Crippen molar-refractivity contribution in [3.05, 3.63) is 309 Å². The zero-order valence-electron chi connectivity index (χ0n) is 91.4. The van der Waals surface area contributed by atoms with Crippen LogP contribution in [0.4, 0.5) is 0 Å². The first-order chi connectivity index (χ1) is 70.8. The van der Waals surface area contributed by atoms with Crippen LogP contribution in [0.5, 0.6) is 11.5 Å². The van der Waals surface area contributed by atoms with Crippen LogP contribution in [0.1, 0.15) is 341 Å². The summed E-state index contributed by atoms with van der Waals surface area (Å²) in [4.78, 5) is 181. The van der Waals surface area contributed by atoms with Crippen molar-refractivity contribution in [3.63, 3.8) is 0 Å². The number of Topliss-reactive ketones (excluding diaryl/α,β-unsaturated/α-hetero) is 7.